The molecule has 1 aliphatic rings. The lowest BCUT2D eigenvalue weighted by molar-refractivity contribution is 0.0856. The number of aliphatic hydroxyl groups is 1. The van der Waals surface area contributed by atoms with E-state index >= 15 is 0 Å². The predicted molar refractivity (Wildman–Crippen MR) is 95.8 cm³/mol. The standard InChI is InChI=1S/C19H23NO3S/c1-23-16-6-3-2-5-15(16)18(22)20-13-19(17-7-4-12-24-17)10-8-14(21)9-11-19/h2-7,12,14,21H,8-11,13H2,1H3,(H,20,22)/t14-,19-. The first-order valence-corrected chi connectivity index (χ1v) is 9.16. The number of methoxy groups -OCH3 is 1. The van der Waals surface area contributed by atoms with Crippen LogP contribution in [0.25, 0.3) is 0 Å². The SMILES string of the molecule is COc1ccccc1C(=O)NC[C@]1(c2cccs2)CC[C@H](O)CC1. The summed E-state index contributed by atoms with van der Waals surface area (Å²) in [7, 11) is 1.57. The van der Waals surface area contributed by atoms with Crippen LogP contribution in [0.2, 0.25) is 0 Å². The van der Waals surface area contributed by atoms with E-state index in [9.17, 15) is 9.90 Å². The number of amides is 1. The first-order chi connectivity index (χ1) is 11.6. The molecule has 0 bridgehead atoms. The molecule has 2 aromatic rings. The highest BCUT2D eigenvalue weighted by molar-refractivity contribution is 7.10. The molecule has 0 aliphatic heterocycles. The molecule has 0 atom stereocenters. The van der Waals surface area contributed by atoms with Crippen LogP contribution in [0, 0.1) is 0 Å². The van der Waals surface area contributed by atoms with Gasteiger partial charge in [-0.3, -0.25) is 4.79 Å². The molecule has 1 aromatic heterocycles. The Hall–Kier alpha value is -1.85. The van der Waals surface area contributed by atoms with Crippen molar-refractivity contribution in [1.29, 1.82) is 0 Å². The van der Waals surface area contributed by atoms with E-state index in [2.05, 4.69) is 22.8 Å². The van der Waals surface area contributed by atoms with Crippen LogP contribution in [0.3, 0.4) is 0 Å². The Morgan fingerprint density at radius 2 is 2.04 bits per heavy atom. The lowest BCUT2D eigenvalue weighted by Gasteiger charge is -2.38. The second-order valence-electron chi connectivity index (χ2n) is 6.37. The monoisotopic (exact) mass is 345 g/mol. The van der Waals surface area contributed by atoms with E-state index in [-0.39, 0.29) is 17.4 Å². The van der Waals surface area contributed by atoms with Crippen molar-refractivity contribution in [3.05, 3.63) is 52.2 Å². The smallest absolute Gasteiger partial charge is 0.255 e. The van der Waals surface area contributed by atoms with Gasteiger partial charge in [-0.25, -0.2) is 0 Å². The number of ether oxygens (including phenoxy) is 1. The zero-order valence-electron chi connectivity index (χ0n) is 13.8. The van der Waals surface area contributed by atoms with Crippen molar-refractivity contribution in [2.24, 2.45) is 0 Å². The second-order valence-corrected chi connectivity index (χ2v) is 7.32. The van der Waals surface area contributed by atoms with Crippen LogP contribution in [-0.4, -0.2) is 30.8 Å². The summed E-state index contributed by atoms with van der Waals surface area (Å²) in [5, 5.41) is 15.0. The average Bonchev–Trinajstić information content (AvgIpc) is 3.16. The van der Waals surface area contributed by atoms with Crippen LogP contribution in [0.15, 0.2) is 41.8 Å². The molecule has 1 heterocycles. The quantitative estimate of drug-likeness (QED) is 0.874. The van der Waals surface area contributed by atoms with Gasteiger partial charge in [0, 0.05) is 16.8 Å². The maximum atomic E-state index is 12.6. The Bertz CT molecular complexity index is 676. The number of carbonyl (C=O) groups is 1. The fourth-order valence-electron chi connectivity index (χ4n) is 3.42. The van der Waals surface area contributed by atoms with Crippen LogP contribution in [0.4, 0.5) is 0 Å². The predicted octanol–water partition coefficient (Wildman–Crippen LogP) is 3.36. The van der Waals surface area contributed by atoms with Gasteiger partial charge in [-0.1, -0.05) is 18.2 Å². The largest absolute Gasteiger partial charge is 0.496 e. The Morgan fingerprint density at radius 1 is 1.29 bits per heavy atom. The molecule has 3 rings (SSSR count). The zero-order chi connectivity index (χ0) is 17.0. The molecule has 0 saturated heterocycles. The molecule has 128 valence electrons. The molecule has 1 aromatic carbocycles. The molecule has 1 fully saturated rings. The second kappa shape index (κ2) is 7.36. The lowest BCUT2D eigenvalue weighted by atomic mass is 9.72. The van der Waals surface area contributed by atoms with E-state index in [1.807, 2.05) is 12.1 Å². The highest BCUT2D eigenvalue weighted by Gasteiger charge is 2.37. The van der Waals surface area contributed by atoms with E-state index in [0.29, 0.717) is 17.9 Å². The Balaban J connectivity index is 1.76. The number of nitrogens with one attached hydrogen (secondary N) is 1. The normalized spacial score (nSPS) is 23.7. The van der Waals surface area contributed by atoms with Gasteiger partial charge >= 0.3 is 0 Å². The summed E-state index contributed by atoms with van der Waals surface area (Å²) in [6.07, 6.45) is 3.12. The highest BCUT2D eigenvalue weighted by atomic mass is 32.1. The van der Waals surface area contributed by atoms with E-state index in [1.54, 1.807) is 30.6 Å². The number of para-hydroxylation sites is 1. The van der Waals surface area contributed by atoms with Gasteiger partial charge in [0.15, 0.2) is 0 Å². The van der Waals surface area contributed by atoms with E-state index in [0.717, 1.165) is 25.7 Å². The van der Waals surface area contributed by atoms with Crippen molar-refractivity contribution in [1.82, 2.24) is 5.32 Å². The molecule has 24 heavy (non-hydrogen) atoms. The summed E-state index contributed by atoms with van der Waals surface area (Å²) in [6, 6.07) is 11.4. The first kappa shape index (κ1) is 17.0. The number of carbonyl (C=O) groups excluding carboxylic acids is 1. The first-order valence-electron chi connectivity index (χ1n) is 8.28. The molecule has 1 saturated carbocycles. The summed E-state index contributed by atoms with van der Waals surface area (Å²) in [6.45, 7) is 0.580. The maximum absolute atomic E-state index is 12.6. The van der Waals surface area contributed by atoms with Crippen LogP contribution in [0.5, 0.6) is 5.75 Å². The van der Waals surface area contributed by atoms with Gasteiger partial charge < -0.3 is 15.2 Å². The minimum Gasteiger partial charge on any atom is -0.496 e. The number of hydrogen-bond donors (Lipinski definition) is 2. The van der Waals surface area contributed by atoms with Gasteiger partial charge in [-0.05, 0) is 49.3 Å². The van der Waals surface area contributed by atoms with E-state index < -0.39 is 0 Å². The minimum atomic E-state index is -0.219. The number of thiophene rings is 1. The van der Waals surface area contributed by atoms with Crippen LogP contribution in [-0.2, 0) is 5.41 Å². The summed E-state index contributed by atoms with van der Waals surface area (Å²) in [4.78, 5) is 13.9. The van der Waals surface area contributed by atoms with Crippen molar-refractivity contribution < 1.29 is 14.6 Å². The van der Waals surface area contributed by atoms with E-state index in [1.165, 1.54) is 4.88 Å². The number of aliphatic hydroxyl groups excluding tert-OH is 1. The third-order valence-electron chi connectivity index (χ3n) is 4.90. The van der Waals surface area contributed by atoms with Gasteiger partial charge in [0.25, 0.3) is 5.91 Å². The molecule has 0 spiro atoms. The van der Waals surface area contributed by atoms with Gasteiger partial charge in [0.2, 0.25) is 0 Å². The van der Waals surface area contributed by atoms with Gasteiger partial charge in [0.05, 0.1) is 18.8 Å². The average molecular weight is 345 g/mol. The van der Waals surface area contributed by atoms with Crippen LogP contribution >= 0.6 is 11.3 Å². The van der Waals surface area contributed by atoms with Crippen LogP contribution < -0.4 is 10.1 Å². The number of benzene rings is 1. The molecule has 4 nitrogen and oxygen atoms in total. The van der Waals surface area contributed by atoms with Crippen molar-refractivity contribution in [2.45, 2.75) is 37.2 Å². The molecule has 1 aliphatic carbocycles. The summed E-state index contributed by atoms with van der Waals surface area (Å²) in [5.74, 6) is 0.466. The van der Waals surface area contributed by atoms with Gasteiger partial charge in [-0.2, -0.15) is 0 Å². The summed E-state index contributed by atoms with van der Waals surface area (Å²) < 4.78 is 5.28. The van der Waals surface area contributed by atoms with Crippen molar-refractivity contribution >= 4 is 17.2 Å². The summed E-state index contributed by atoms with van der Waals surface area (Å²) in [5.41, 5.74) is 0.475. The van der Waals surface area contributed by atoms with Crippen molar-refractivity contribution in [2.75, 3.05) is 13.7 Å². The zero-order valence-corrected chi connectivity index (χ0v) is 14.6. The van der Waals surface area contributed by atoms with Crippen LogP contribution in [0.1, 0.15) is 40.9 Å². The third-order valence-corrected chi connectivity index (χ3v) is 6.01. The minimum absolute atomic E-state index is 0.0783. The van der Waals surface area contributed by atoms with E-state index in [4.69, 9.17) is 4.74 Å². The van der Waals surface area contributed by atoms with Crippen molar-refractivity contribution in [3.8, 4) is 5.75 Å². The Morgan fingerprint density at radius 3 is 2.71 bits per heavy atom. The maximum Gasteiger partial charge on any atom is 0.255 e. The Labute approximate surface area is 146 Å². The fraction of sp³-hybridized carbons (Fsp3) is 0.421. The number of hydrogen-bond acceptors (Lipinski definition) is 4. The lowest BCUT2D eigenvalue weighted by Crippen LogP contribution is -2.43. The molecule has 2 N–H and O–H groups in total. The summed E-state index contributed by atoms with van der Waals surface area (Å²) >= 11 is 1.73. The molecular formula is C19H23NO3S. The molecular weight excluding hydrogens is 322 g/mol. The topological polar surface area (TPSA) is 58.6 Å². The van der Waals surface area contributed by atoms with Gasteiger partial charge in [-0.15, -0.1) is 11.3 Å². The number of rotatable bonds is 5. The molecule has 5 heteroatoms. The molecule has 1 amide bonds. The van der Waals surface area contributed by atoms with Gasteiger partial charge in [0.1, 0.15) is 5.75 Å². The molecule has 0 radical (unpaired) electrons. The third kappa shape index (κ3) is 3.47. The Kier molecular flexibility index (Phi) is 5.21. The fourth-order valence-corrected chi connectivity index (χ4v) is 4.41. The highest BCUT2D eigenvalue weighted by Crippen LogP contribution is 2.41. The van der Waals surface area contributed by atoms with Crippen molar-refractivity contribution in [3.63, 3.8) is 0 Å². The molecule has 0 unspecified atom stereocenters.